The zero-order valence-electron chi connectivity index (χ0n) is 16.8. The van der Waals surface area contributed by atoms with Gasteiger partial charge in [-0.25, -0.2) is 14.2 Å². The molecule has 4 aromatic rings. The molecular formula is C22H18FN3O4S. The van der Waals surface area contributed by atoms with E-state index in [1.54, 1.807) is 44.2 Å². The van der Waals surface area contributed by atoms with Crippen LogP contribution in [0.25, 0.3) is 20.3 Å². The molecule has 2 heterocycles. The van der Waals surface area contributed by atoms with Gasteiger partial charge in [-0.3, -0.25) is 14.2 Å². The first-order chi connectivity index (χ1) is 14.9. The van der Waals surface area contributed by atoms with Gasteiger partial charge in [0.2, 0.25) is 5.91 Å². The van der Waals surface area contributed by atoms with Gasteiger partial charge in [-0.15, -0.1) is 11.3 Å². The molecule has 0 aliphatic carbocycles. The second kappa shape index (κ2) is 8.27. The maximum Gasteiger partial charge on any atom is 0.338 e. The van der Waals surface area contributed by atoms with Crippen molar-refractivity contribution in [2.75, 3.05) is 11.9 Å². The summed E-state index contributed by atoms with van der Waals surface area (Å²) in [5.41, 5.74) is 0.612. The lowest BCUT2D eigenvalue weighted by Crippen LogP contribution is -2.29. The number of benzene rings is 2. The van der Waals surface area contributed by atoms with E-state index in [9.17, 15) is 18.8 Å². The van der Waals surface area contributed by atoms with Gasteiger partial charge in [-0.05, 0) is 44.2 Å². The minimum atomic E-state index is -0.489. The highest BCUT2D eigenvalue weighted by Crippen LogP contribution is 2.32. The van der Waals surface area contributed by atoms with E-state index in [0.29, 0.717) is 37.4 Å². The third-order valence-electron chi connectivity index (χ3n) is 4.70. The molecule has 31 heavy (non-hydrogen) atoms. The van der Waals surface area contributed by atoms with E-state index < -0.39 is 23.3 Å². The molecule has 1 amide bonds. The van der Waals surface area contributed by atoms with E-state index in [-0.39, 0.29) is 13.2 Å². The van der Waals surface area contributed by atoms with Gasteiger partial charge in [0, 0.05) is 10.4 Å². The molecule has 2 aromatic heterocycles. The Hall–Kier alpha value is -3.59. The molecule has 0 spiro atoms. The summed E-state index contributed by atoms with van der Waals surface area (Å²) >= 11 is 1.15. The number of nitrogens with one attached hydrogen (secondary N) is 1. The zero-order chi connectivity index (χ0) is 22.1. The number of carbonyl (C=O) groups excluding carboxylic acids is 2. The van der Waals surface area contributed by atoms with Gasteiger partial charge in [0.05, 0.1) is 23.1 Å². The molecule has 0 radical (unpaired) electrons. The number of aryl methyl sites for hydroxylation is 1. The van der Waals surface area contributed by atoms with Gasteiger partial charge in [0.25, 0.3) is 5.56 Å². The number of nitrogens with zero attached hydrogens (tertiary/aromatic N) is 2. The van der Waals surface area contributed by atoms with Crippen molar-refractivity contribution in [3.63, 3.8) is 0 Å². The molecule has 2 aromatic carbocycles. The van der Waals surface area contributed by atoms with Crippen LogP contribution in [0.4, 0.5) is 10.1 Å². The molecule has 1 N–H and O–H groups in total. The Balaban J connectivity index is 1.63. The standard InChI is InChI=1S/C22H18FN3O4S/c1-3-30-22(29)13-6-4-7-14(10-13)25-17(27)11-26-12(2)24-19-18-15(23)8-5-9-16(18)31-20(19)21(26)28/h4-10H,3,11H2,1-2H3,(H,25,27). The van der Waals surface area contributed by atoms with Crippen LogP contribution in [0, 0.1) is 12.7 Å². The molecule has 0 aliphatic heterocycles. The van der Waals surface area contributed by atoms with Crippen molar-refractivity contribution in [3.8, 4) is 0 Å². The SMILES string of the molecule is CCOC(=O)c1cccc(NC(=O)Cn2c(C)nc3c(sc4cccc(F)c43)c2=O)c1. The number of thiophene rings is 1. The van der Waals surface area contributed by atoms with Crippen molar-refractivity contribution in [2.24, 2.45) is 0 Å². The molecule has 0 unspecified atom stereocenters. The van der Waals surface area contributed by atoms with Crippen LogP contribution in [0.15, 0.2) is 47.3 Å². The maximum absolute atomic E-state index is 14.3. The van der Waals surface area contributed by atoms with Crippen molar-refractivity contribution < 1.29 is 18.7 Å². The highest BCUT2D eigenvalue weighted by atomic mass is 32.1. The van der Waals surface area contributed by atoms with Gasteiger partial charge < -0.3 is 10.1 Å². The molecule has 0 bridgehead atoms. The number of fused-ring (bicyclic) bond motifs is 3. The van der Waals surface area contributed by atoms with Crippen LogP contribution < -0.4 is 10.9 Å². The van der Waals surface area contributed by atoms with Crippen LogP contribution in [0.2, 0.25) is 0 Å². The zero-order valence-corrected chi connectivity index (χ0v) is 17.6. The monoisotopic (exact) mass is 439 g/mol. The first-order valence-corrected chi connectivity index (χ1v) is 10.4. The quantitative estimate of drug-likeness (QED) is 0.477. The molecule has 0 fully saturated rings. The number of amides is 1. The van der Waals surface area contributed by atoms with Crippen molar-refractivity contribution in [1.82, 2.24) is 9.55 Å². The maximum atomic E-state index is 14.3. The van der Waals surface area contributed by atoms with E-state index in [2.05, 4.69) is 10.3 Å². The predicted molar refractivity (Wildman–Crippen MR) is 117 cm³/mol. The third kappa shape index (κ3) is 3.91. The molecule has 0 saturated heterocycles. The number of hydrogen-bond donors (Lipinski definition) is 1. The number of carbonyl (C=O) groups is 2. The summed E-state index contributed by atoms with van der Waals surface area (Å²) in [6.07, 6.45) is 0. The Morgan fingerprint density at radius 3 is 2.77 bits per heavy atom. The highest BCUT2D eigenvalue weighted by Gasteiger charge is 2.18. The number of ether oxygens (including phenoxy) is 1. The molecule has 9 heteroatoms. The molecule has 0 saturated carbocycles. The van der Waals surface area contributed by atoms with Gasteiger partial charge in [0.15, 0.2) is 0 Å². The molecule has 0 aliphatic rings. The predicted octanol–water partition coefficient (Wildman–Crippen LogP) is 3.87. The van der Waals surface area contributed by atoms with Crippen LogP contribution in [-0.2, 0) is 16.1 Å². The number of rotatable bonds is 5. The van der Waals surface area contributed by atoms with Crippen molar-refractivity contribution in [1.29, 1.82) is 0 Å². The minimum absolute atomic E-state index is 0.245. The number of aromatic nitrogens is 2. The third-order valence-corrected chi connectivity index (χ3v) is 5.83. The highest BCUT2D eigenvalue weighted by molar-refractivity contribution is 7.25. The lowest BCUT2D eigenvalue weighted by Gasteiger charge is -2.11. The molecule has 0 atom stereocenters. The Bertz CT molecular complexity index is 1390. The molecule has 7 nitrogen and oxygen atoms in total. The number of esters is 1. The average molecular weight is 439 g/mol. The van der Waals surface area contributed by atoms with Crippen LogP contribution in [0.5, 0.6) is 0 Å². The summed E-state index contributed by atoms with van der Waals surface area (Å²) < 4.78 is 21.4. The second-order valence-electron chi connectivity index (χ2n) is 6.79. The smallest absolute Gasteiger partial charge is 0.338 e. The van der Waals surface area contributed by atoms with Crippen LogP contribution in [0.3, 0.4) is 0 Å². The van der Waals surface area contributed by atoms with E-state index in [1.165, 1.54) is 16.7 Å². The summed E-state index contributed by atoms with van der Waals surface area (Å²) in [5.74, 6) is -1.08. The van der Waals surface area contributed by atoms with Gasteiger partial charge in [-0.2, -0.15) is 0 Å². The fourth-order valence-corrected chi connectivity index (χ4v) is 4.41. The van der Waals surface area contributed by atoms with Gasteiger partial charge >= 0.3 is 5.97 Å². The topological polar surface area (TPSA) is 90.3 Å². The van der Waals surface area contributed by atoms with E-state index in [0.717, 1.165) is 11.3 Å². The average Bonchev–Trinajstić information content (AvgIpc) is 3.11. The van der Waals surface area contributed by atoms with Crippen LogP contribution >= 0.6 is 11.3 Å². The Morgan fingerprint density at radius 1 is 1.23 bits per heavy atom. The van der Waals surface area contributed by atoms with Crippen molar-refractivity contribution >= 4 is 49.2 Å². The fraction of sp³-hybridized carbons (Fsp3) is 0.182. The van der Waals surface area contributed by atoms with Crippen LogP contribution in [0.1, 0.15) is 23.1 Å². The molecule has 158 valence electrons. The summed E-state index contributed by atoms with van der Waals surface area (Å²) in [6, 6.07) is 11.0. The van der Waals surface area contributed by atoms with E-state index in [4.69, 9.17) is 4.74 Å². The Kier molecular flexibility index (Phi) is 5.51. The second-order valence-corrected chi connectivity index (χ2v) is 7.84. The largest absolute Gasteiger partial charge is 0.462 e. The molecular weight excluding hydrogens is 421 g/mol. The van der Waals surface area contributed by atoms with E-state index >= 15 is 0 Å². The summed E-state index contributed by atoms with van der Waals surface area (Å²) in [6.45, 7) is 3.28. The number of hydrogen-bond acceptors (Lipinski definition) is 6. The van der Waals surface area contributed by atoms with E-state index in [1.807, 2.05) is 0 Å². The first-order valence-electron chi connectivity index (χ1n) is 9.54. The lowest BCUT2D eigenvalue weighted by molar-refractivity contribution is -0.116. The molecule has 4 rings (SSSR count). The summed E-state index contributed by atoms with van der Waals surface area (Å²) in [4.78, 5) is 41.9. The van der Waals surface area contributed by atoms with Crippen LogP contribution in [-0.4, -0.2) is 28.0 Å². The normalized spacial score (nSPS) is 11.1. The lowest BCUT2D eigenvalue weighted by atomic mass is 10.2. The van der Waals surface area contributed by atoms with Gasteiger partial charge in [0.1, 0.15) is 22.9 Å². The van der Waals surface area contributed by atoms with Crippen molar-refractivity contribution in [2.45, 2.75) is 20.4 Å². The fourth-order valence-electron chi connectivity index (χ4n) is 3.30. The minimum Gasteiger partial charge on any atom is -0.462 e. The van der Waals surface area contributed by atoms with Gasteiger partial charge in [-0.1, -0.05) is 12.1 Å². The van der Waals surface area contributed by atoms with Crippen molar-refractivity contribution in [3.05, 3.63) is 70.0 Å². The Morgan fingerprint density at radius 2 is 2.00 bits per heavy atom. The summed E-state index contributed by atoms with van der Waals surface area (Å²) in [7, 11) is 0. The first kappa shape index (κ1) is 20.7. The summed E-state index contributed by atoms with van der Waals surface area (Å²) in [5, 5.41) is 2.99. The number of halogens is 1. The Labute approximate surface area is 180 Å². The number of anilines is 1.